The molecular formula is C18H23IN2. The molecule has 21 heavy (non-hydrogen) atoms. The minimum atomic E-state index is 0.565. The lowest BCUT2D eigenvalue weighted by atomic mass is 9.98. The number of hydrogen-bond donors (Lipinski definition) is 1. The number of halogens is 1. The van der Waals surface area contributed by atoms with E-state index in [0.717, 1.165) is 11.5 Å². The topological polar surface area (TPSA) is 28.7 Å². The van der Waals surface area contributed by atoms with E-state index in [2.05, 4.69) is 76.7 Å². The van der Waals surface area contributed by atoms with E-state index in [9.17, 15) is 0 Å². The van der Waals surface area contributed by atoms with Crippen LogP contribution in [0.15, 0.2) is 34.5 Å². The first-order chi connectivity index (χ1) is 10.3. The Hall–Kier alpha value is -1.10. The second-order valence-corrected chi connectivity index (χ2v) is 6.09. The molecule has 1 N–H and O–H groups in total. The van der Waals surface area contributed by atoms with Crippen molar-refractivity contribution in [3.63, 3.8) is 0 Å². The fourth-order valence-corrected chi connectivity index (χ4v) is 3.07. The average molecular weight is 394 g/mol. The normalized spacial score (nSPS) is 11.6. The van der Waals surface area contributed by atoms with Gasteiger partial charge in [0.05, 0.1) is 11.9 Å². The molecule has 2 rings (SSSR count). The maximum absolute atomic E-state index is 4.62. The monoisotopic (exact) mass is 394 g/mol. The molecule has 0 fully saturated rings. The molecule has 0 amide bonds. The van der Waals surface area contributed by atoms with Crippen molar-refractivity contribution >= 4 is 28.7 Å². The largest absolute Gasteiger partial charge is 0.342 e. The van der Waals surface area contributed by atoms with Crippen LogP contribution in [0.25, 0.3) is 17.3 Å². The first kappa shape index (κ1) is 16.3. The zero-order valence-electron chi connectivity index (χ0n) is 12.8. The van der Waals surface area contributed by atoms with Gasteiger partial charge in [0.25, 0.3) is 0 Å². The second-order valence-electron chi connectivity index (χ2n) is 5.37. The summed E-state index contributed by atoms with van der Waals surface area (Å²) in [4.78, 5) is 8.14. The fraction of sp³-hybridized carbons (Fsp3) is 0.389. The molecule has 0 bridgehead atoms. The fourth-order valence-electron chi connectivity index (χ4n) is 2.65. The molecule has 1 heterocycles. The zero-order valence-corrected chi connectivity index (χ0v) is 14.9. The highest BCUT2D eigenvalue weighted by Crippen LogP contribution is 2.26. The number of benzene rings is 1. The van der Waals surface area contributed by atoms with Crippen LogP contribution in [0.5, 0.6) is 0 Å². The summed E-state index contributed by atoms with van der Waals surface area (Å²) in [6.45, 7) is 4.48. The summed E-state index contributed by atoms with van der Waals surface area (Å²) >= 11 is 2.24. The lowest BCUT2D eigenvalue weighted by Crippen LogP contribution is -2.00. The van der Waals surface area contributed by atoms with Crippen LogP contribution in [0.2, 0.25) is 0 Å². The highest BCUT2D eigenvalue weighted by molar-refractivity contribution is 14.1. The van der Waals surface area contributed by atoms with Crippen LogP contribution in [0.3, 0.4) is 0 Å². The molecule has 0 unspecified atom stereocenters. The SMILES string of the molecule is CCCC(CCC)c1ncc(-c2ccc(/C=C/I)cc2)[nH]1. The van der Waals surface area contributed by atoms with Crippen molar-refractivity contribution in [3.8, 4) is 11.3 Å². The van der Waals surface area contributed by atoms with Crippen LogP contribution in [0, 0.1) is 0 Å². The van der Waals surface area contributed by atoms with Crippen LogP contribution < -0.4 is 0 Å². The summed E-state index contributed by atoms with van der Waals surface area (Å²) in [6.07, 6.45) is 8.90. The molecule has 0 aliphatic heterocycles. The molecular weight excluding hydrogens is 371 g/mol. The number of rotatable bonds is 7. The lowest BCUT2D eigenvalue weighted by Gasteiger charge is -2.11. The van der Waals surface area contributed by atoms with Crippen molar-refractivity contribution < 1.29 is 0 Å². The van der Waals surface area contributed by atoms with Gasteiger partial charge in [-0.15, -0.1) is 0 Å². The summed E-state index contributed by atoms with van der Waals surface area (Å²) in [5, 5.41) is 0. The number of hydrogen-bond acceptors (Lipinski definition) is 1. The Bertz CT molecular complexity index is 563. The van der Waals surface area contributed by atoms with Crippen molar-refractivity contribution in [1.29, 1.82) is 0 Å². The maximum atomic E-state index is 4.62. The van der Waals surface area contributed by atoms with Crippen LogP contribution in [0.4, 0.5) is 0 Å². The van der Waals surface area contributed by atoms with E-state index in [-0.39, 0.29) is 0 Å². The molecule has 3 heteroatoms. The van der Waals surface area contributed by atoms with Crippen LogP contribution in [0.1, 0.15) is 56.8 Å². The summed E-state index contributed by atoms with van der Waals surface area (Å²) in [5.74, 6) is 1.71. The molecule has 0 radical (unpaired) electrons. The molecule has 0 aliphatic carbocycles. The Balaban J connectivity index is 2.18. The molecule has 112 valence electrons. The van der Waals surface area contributed by atoms with Gasteiger partial charge in [0.2, 0.25) is 0 Å². The third-order valence-electron chi connectivity index (χ3n) is 3.73. The first-order valence-electron chi connectivity index (χ1n) is 7.70. The van der Waals surface area contributed by atoms with Crippen molar-refractivity contribution in [2.24, 2.45) is 0 Å². The molecule has 0 saturated heterocycles. The van der Waals surface area contributed by atoms with E-state index >= 15 is 0 Å². The minimum Gasteiger partial charge on any atom is -0.342 e. The summed E-state index contributed by atoms with van der Waals surface area (Å²) in [7, 11) is 0. The Morgan fingerprint density at radius 1 is 1.14 bits per heavy atom. The standard InChI is InChI=1S/C18H23IN2/c1-3-5-16(6-4-2)18-20-13-17(21-18)15-9-7-14(8-10-15)11-12-19/h7-13,16H,3-6H2,1-2H3,(H,20,21)/b12-11+. The van der Waals surface area contributed by atoms with Crippen LogP contribution in [-0.2, 0) is 0 Å². The van der Waals surface area contributed by atoms with E-state index < -0.39 is 0 Å². The van der Waals surface area contributed by atoms with Gasteiger partial charge in [-0.2, -0.15) is 0 Å². The Labute approximate surface area is 141 Å². The minimum absolute atomic E-state index is 0.565. The summed E-state index contributed by atoms with van der Waals surface area (Å²) in [5.41, 5.74) is 3.54. The van der Waals surface area contributed by atoms with Crippen molar-refractivity contribution in [3.05, 3.63) is 45.9 Å². The van der Waals surface area contributed by atoms with Gasteiger partial charge in [-0.3, -0.25) is 0 Å². The van der Waals surface area contributed by atoms with Crippen LogP contribution >= 0.6 is 22.6 Å². The van der Waals surface area contributed by atoms with Gasteiger partial charge in [0.1, 0.15) is 5.82 Å². The van der Waals surface area contributed by atoms with E-state index in [1.54, 1.807) is 0 Å². The molecule has 1 aromatic carbocycles. The van der Waals surface area contributed by atoms with Crippen molar-refractivity contribution in [2.75, 3.05) is 0 Å². The van der Waals surface area contributed by atoms with E-state index in [4.69, 9.17) is 0 Å². The Morgan fingerprint density at radius 2 is 1.81 bits per heavy atom. The predicted molar refractivity (Wildman–Crippen MR) is 99.6 cm³/mol. The smallest absolute Gasteiger partial charge is 0.109 e. The van der Waals surface area contributed by atoms with Gasteiger partial charge >= 0.3 is 0 Å². The molecule has 0 atom stereocenters. The number of aromatic amines is 1. The van der Waals surface area contributed by atoms with Crippen LogP contribution in [-0.4, -0.2) is 9.97 Å². The quantitative estimate of drug-likeness (QED) is 0.560. The summed E-state index contributed by atoms with van der Waals surface area (Å²) in [6, 6.07) is 8.58. The maximum Gasteiger partial charge on any atom is 0.109 e. The van der Waals surface area contributed by atoms with Gasteiger partial charge in [0, 0.05) is 5.92 Å². The molecule has 0 spiro atoms. The van der Waals surface area contributed by atoms with E-state index in [0.29, 0.717) is 5.92 Å². The van der Waals surface area contributed by atoms with Gasteiger partial charge < -0.3 is 4.98 Å². The number of H-pyrrole nitrogens is 1. The van der Waals surface area contributed by atoms with E-state index in [1.807, 2.05) is 10.3 Å². The third-order valence-corrected chi connectivity index (χ3v) is 4.09. The zero-order chi connectivity index (χ0) is 15.1. The van der Waals surface area contributed by atoms with E-state index in [1.165, 1.54) is 36.8 Å². The average Bonchev–Trinajstić information content (AvgIpc) is 2.98. The second kappa shape index (κ2) is 8.37. The molecule has 2 nitrogen and oxygen atoms in total. The highest BCUT2D eigenvalue weighted by Gasteiger charge is 2.13. The molecule has 0 saturated carbocycles. The molecule has 2 aromatic rings. The highest BCUT2D eigenvalue weighted by atomic mass is 127. The Morgan fingerprint density at radius 3 is 2.38 bits per heavy atom. The van der Waals surface area contributed by atoms with Gasteiger partial charge in [0.15, 0.2) is 0 Å². The number of aromatic nitrogens is 2. The summed E-state index contributed by atoms with van der Waals surface area (Å²) < 4.78 is 2.03. The van der Waals surface area contributed by atoms with Gasteiger partial charge in [-0.1, -0.05) is 73.5 Å². The van der Waals surface area contributed by atoms with Crippen molar-refractivity contribution in [2.45, 2.75) is 45.4 Å². The molecule has 0 aliphatic rings. The lowest BCUT2D eigenvalue weighted by molar-refractivity contribution is 0.538. The first-order valence-corrected chi connectivity index (χ1v) is 8.95. The number of nitrogens with zero attached hydrogens (tertiary/aromatic N) is 1. The number of nitrogens with one attached hydrogen (secondary N) is 1. The van der Waals surface area contributed by atoms with Gasteiger partial charge in [-0.25, -0.2) is 4.98 Å². The molecule has 1 aromatic heterocycles. The Kier molecular flexibility index (Phi) is 6.49. The van der Waals surface area contributed by atoms with Crippen molar-refractivity contribution in [1.82, 2.24) is 9.97 Å². The van der Waals surface area contributed by atoms with Gasteiger partial charge in [-0.05, 0) is 34.1 Å². The third kappa shape index (κ3) is 4.43. The predicted octanol–water partition coefficient (Wildman–Crippen LogP) is 6.17. The number of imidazole rings is 1.